The minimum absolute atomic E-state index is 0.0691. The Morgan fingerprint density at radius 2 is 1.07 bits per heavy atom. The molecule has 0 saturated heterocycles. The normalized spacial score (nSPS) is 16.9. The number of ether oxygens (including phenoxy) is 1. The molecule has 5 heterocycles. The van der Waals surface area contributed by atoms with Crippen molar-refractivity contribution in [3.05, 3.63) is 251 Å². The minimum Gasteiger partial charge on any atom is -0.456 e. The first-order valence-electron chi connectivity index (χ1n) is 23.7. The monoisotopic (exact) mass is 888 g/mol. The van der Waals surface area contributed by atoms with Crippen LogP contribution in [-0.2, 0) is 5.41 Å². The van der Waals surface area contributed by atoms with Gasteiger partial charge in [0.1, 0.15) is 29.5 Å². The molecule has 69 heavy (non-hydrogen) atoms. The Bertz CT molecular complexity index is 3990. The van der Waals surface area contributed by atoms with Crippen LogP contribution >= 0.6 is 0 Å². The Labute approximate surface area is 399 Å². The highest BCUT2D eigenvalue weighted by Gasteiger charge is 2.39. The first-order chi connectivity index (χ1) is 34.0. The summed E-state index contributed by atoms with van der Waals surface area (Å²) in [4.78, 5) is 15.2. The maximum absolute atomic E-state index is 7.31. The van der Waals surface area contributed by atoms with Gasteiger partial charge in [0, 0.05) is 55.2 Å². The summed E-state index contributed by atoms with van der Waals surface area (Å²) in [7, 11) is 0. The van der Waals surface area contributed by atoms with Crippen molar-refractivity contribution in [2.75, 3.05) is 0 Å². The molecule has 0 saturated carbocycles. The van der Waals surface area contributed by atoms with Crippen molar-refractivity contribution in [1.29, 1.82) is 0 Å². The van der Waals surface area contributed by atoms with E-state index in [0.29, 0.717) is 5.84 Å². The van der Waals surface area contributed by atoms with Crippen LogP contribution in [0.4, 0.5) is 0 Å². The summed E-state index contributed by atoms with van der Waals surface area (Å²) in [5, 5.41) is 8.32. The maximum Gasteiger partial charge on any atom is 0.159 e. The van der Waals surface area contributed by atoms with Gasteiger partial charge in [-0.1, -0.05) is 172 Å². The zero-order valence-corrected chi connectivity index (χ0v) is 38.0. The fourth-order valence-electron chi connectivity index (χ4n) is 11.1. The Balaban J connectivity index is 0.885. The van der Waals surface area contributed by atoms with Crippen molar-refractivity contribution in [3.8, 4) is 22.9 Å². The molecule has 0 bridgehead atoms. The van der Waals surface area contributed by atoms with E-state index in [2.05, 4.69) is 216 Å². The topological polar surface area (TPSA) is 68.2 Å². The van der Waals surface area contributed by atoms with E-state index < -0.39 is 5.41 Å². The van der Waals surface area contributed by atoms with Crippen molar-refractivity contribution in [2.45, 2.75) is 31.5 Å². The molecule has 1 N–H and O–H groups in total. The molecule has 2 atom stereocenters. The third kappa shape index (κ3) is 6.17. The number of nitrogens with zero attached hydrogens (tertiary/aromatic N) is 5. The van der Waals surface area contributed by atoms with Crippen LogP contribution in [-0.4, -0.2) is 26.5 Å². The lowest BCUT2D eigenvalue weighted by molar-refractivity contribution is 0.426. The van der Waals surface area contributed by atoms with Crippen LogP contribution in [0.1, 0.15) is 65.0 Å². The van der Waals surface area contributed by atoms with Gasteiger partial charge in [-0.15, -0.1) is 0 Å². The number of rotatable bonds is 7. The second-order valence-corrected chi connectivity index (χ2v) is 18.8. The van der Waals surface area contributed by atoms with Crippen molar-refractivity contribution in [2.24, 2.45) is 15.0 Å². The molecule has 328 valence electrons. The Kier molecular flexibility index (Phi) is 8.62. The second-order valence-electron chi connectivity index (χ2n) is 18.8. The van der Waals surface area contributed by atoms with Crippen LogP contribution in [0.2, 0.25) is 0 Å². The number of fused-ring (bicyclic) bond motifs is 10. The van der Waals surface area contributed by atoms with Crippen LogP contribution in [0.25, 0.3) is 55.0 Å². The lowest BCUT2D eigenvalue weighted by atomic mass is 9.73. The van der Waals surface area contributed by atoms with Gasteiger partial charge in [-0.05, 0) is 71.3 Å². The highest BCUT2D eigenvalue weighted by molar-refractivity contribution is 6.17. The number of hydrogen-bond acceptors (Lipinski definition) is 5. The molecule has 11 aromatic rings. The second kappa shape index (κ2) is 15.1. The van der Waals surface area contributed by atoms with E-state index in [1.54, 1.807) is 0 Å². The number of amidine groups is 2. The molecule has 9 aromatic carbocycles. The smallest absolute Gasteiger partial charge is 0.159 e. The molecule has 0 amide bonds. The van der Waals surface area contributed by atoms with E-state index in [1.165, 1.54) is 27.5 Å². The number of benzene rings is 9. The number of nitrogens with one attached hydrogen (secondary N) is 1. The molecule has 7 heteroatoms. The predicted octanol–water partition coefficient (Wildman–Crippen LogP) is 14.4. The summed E-state index contributed by atoms with van der Waals surface area (Å²) in [6.07, 6.45) is -0.289. The van der Waals surface area contributed by atoms with Gasteiger partial charge in [-0.2, -0.15) is 0 Å². The van der Waals surface area contributed by atoms with Crippen LogP contribution < -0.4 is 10.1 Å². The van der Waals surface area contributed by atoms with Crippen molar-refractivity contribution in [1.82, 2.24) is 14.5 Å². The average Bonchev–Trinajstić information content (AvgIpc) is 4.04. The molecular formula is C62H44N6O. The predicted molar refractivity (Wildman–Crippen MR) is 281 cm³/mol. The summed E-state index contributed by atoms with van der Waals surface area (Å²) in [5.41, 5.74) is 15.1. The quantitative estimate of drug-likeness (QED) is 0.173. The molecular weight excluding hydrogens is 845 g/mol. The molecule has 1 unspecified atom stereocenters. The fraction of sp³-hybridized carbons (Fsp3) is 0.0806. The largest absolute Gasteiger partial charge is 0.456 e. The zero-order valence-electron chi connectivity index (χ0n) is 38.0. The van der Waals surface area contributed by atoms with Crippen molar-refractivity contribution in [3.63, 3.8) is 0 Å². The van der Waals surface area contributed by atoms with Gasteiger partial charge in [-0.25, -0.2) is 9.98 Å². The summed E-state index contributed by atoms with van der Waals surface area (Å²) >= 11 is 0. The summed E-state index contributed by atoms with van der Waals surface area (Å²) < 4.78 is 12.1. The first kappa shape index (κ1) is 39.4. The van der Waals surface area contributed by atoms with E-state index >= 15 is 0 Å². The molecule has 0 spiro atoms. The van der Waals surface area contributed by atoms with Gasteiger partial charge in [0.15, 0.2) is 5.84 Å². The zero-order chi connectivity index (χ0) is 45.8. The van der Waals surface area contributed by atoms with E-state index in [0.717, 1.165) is 89.5 Å². The molecule has 0 fully saturated rings. The van der Waals surface area contributed by atoms with E-state index in [-0.39, 0.29) is 12.2 Å². The van der Waals surface area contributed by atoms with Crippen LogP contribution in [0, 0.1) is 0 Å². The molecule has 0 aliphatic carbocycles. The van der Waals surface area contributed by atoms with Crippen molar-refractivity contribution < 1.29 is 4.74 Å². The van der Waals surface area contributed by atoms with Crippen molar-refractivity contribution >= 4 is 61.0 Å². The highest BCUT2D eigenvalue weighted by Crippen LogP contribution is 2.55. The number of aromatic nitrogens is 2. The molecule has 2 aromatic heterocycles. The molecule has 0 radical (unpaired) electrons. The Morgan fingerprint density at radius 3 is 1.81 bits per heavy atom. The number of hydrogen-bond donors (Lipinski definition) is 1. The summed E-state index contributed by atoms with van der Waals surface area (Å²) in [5.74, 6) is 3.27. The third-order valence-electron chi connectivity index (χ3n) is 14.3. The van der Waals surface area contributed by atoms with E-state index in [4.69, 9.17) is 19.7 Å². The minimum atomic E-state index is -0.423. The average molecular weight is 889 g/mol. The Morgan fingerprint density at radius 1 is 0.493 bits per heavy atom. The van der Waals surface area contributed by atoms with Crippen LogP contribution in [0.5, 0.6) is 11.5 Å². The fourth-order valence-corrected chi connectivity index (χ4v) is 11.1. The van der Waals surface area contributed by atoms with Crippen LogP contribution in [0.15, 0.2) is 227 Å². The standard InChI is InChI=1S/C62H44N6O/c1-62(2)47-32-33-51-54(46-29-13-15-31-49(46)68(51)43-26-16-24-41(36-43)57-56(63-57)38-18-6-3-7-19-38)58(47)69-52-35-34-50-53(55(52)62)45-28-12-14-30-48(45)67(50)44-27-17-25-42(37-44)61-65-59(39-20-8-4-9-21-39)64-60(66-61)40-22-10-5-11-23-40/h3-37,57,59H,1-2H3,(H,64,65,66)/t57-,59?/m0/s1. The van der Waals surface area contributed by atoms with Gasteiger partial charge in [0.05, 0.1) is 33.2 Å². The first-order valence-corrected chi connectivity index (χ1v) is 23.7. The molecule has 3 aliphatic heterocycles. The molecule has 14 rings (SSSR count). The summed E-state index contributed by atoms with van der Waals surface area (Å²) in [6.45, 7) is 4.71. The summed E-state index contributed by atoms with van der Waals surface area (Å²) in [6, 6.07) is 75.2. The van der Waals surface area contributed by atoms with Gasteiger partial charge in [-0.3, -0.25) is 4.99 Å². The highest BCUT2D eigenvalue weighted by atomic mass is 16.5. The SMILES string of the molecule is CC1(C)c2ccc3c(c2Oc2ccc4c(c21)c1ccccc1n4-c1cccc(C2=NC(c4ccccc4)=NC(c4ccccc4)N2)c1)c1ccccc1n3-c1cccc([C@@H]2N=C2c2ccccc2)c1. The number of aliphatic imine (C=N–C) groups is 3. The lowest BCUT2D eigenvalue weighted by Gasteiger charge is -2.35. The van der Waals surface area contributed by atoms with Gasteiger partial charge >= 0.3 is 0 Å². The third-order valence-corrected chi connectivity index (χ3v) is 14.3. The molecule has 7 nitrogen and oxygen atoms in total. The van der Waals surface area contributed by atoms with Crippen LogP contribution in [0.3, 0.4) is 0 Å². The number of para-hydroxylation sites is 2. The van der Waals surface area contributed by atoms with Gasteiger partial charge in [0.2, 0.25) is 0 Å². The van der Waals surface area contributed by atoms with E-state index in [9.17, 15) is 0 Å². The van der Waals surface area contributed by atoms with E-state index in [1.807, 2.05) is 24.3 Å². The maximum atomic E-state index is 7.31. The Hall–Kier alpha value is -8.81. The van der Waals surface area contributed by atoms with Gasteiger partial charge < -0.3 is 19.2 Å². The van der Waals surface area contributed by atoms with Gasteiger partial charge in [0.25, 0.3) is 0 Å². The lowest BCUT2D eigenvalue weighted by Crippen LogP contribution is -2.33. The molecule has 3 aliphatic rings.